The van der Waals surface area contributed by atoms with Gasteiger partial charge in [-0.05, 0) is 67.9 Å². The lowest BCUT2D eigenvalue weighted by Gasteiger charge is -2.43. The van der Waals surface area contributed by atoms with Gasteiger partial charge in [0.2, 0.25) is 17.7 Å². The average molecular weight is 640 g/mol. The van der Waals surface area contributed by atoms with Crippen LogP contribution in [0.5, 0.6) is 0 Å². The van der Waals surface area contributed by atoms with Crippen LogP contribution in [-0.2, 0) is 14.4 Å². The summed E-state index contributed by atoms with van der Waals surface area (Å²) in [5.41, 5.74) is 9.13. The van der Waals surface area contributed by atoms with Crippen molar-refractivity contribution in [1.82, 2.24) is 30.1 Å². The summed E-state index contributed by atoms with van der Waals surface area (Å²) in [5, 5.41) is 10.7. The smallest absolute Gasteiger partial charge is 0.278 e. The molecule has 0 radical (unpaired) electrons. The van der Waals surface area contributed by atoms with E-state index in [1.807, 2.05) is 23.1 Å². The Kier molecular flexibility index (Phi) is 8.08. The second-order valence-corrected chi connectivity index (χ2v) is 12.7. The number of aromatic nitrogens is 3. The molecule has 1 atom stereocenters. The normalized spacial score (nSPS) is 20.7. The third-order valence-corrected chi connectivity index (χ3v) is 9.68. The summed E-state index contributed by atoms with van der Waals surface area (Å²) in [5.74, 6) is -1.27. The summed E-state index contributed by atoms with van der Waals surface area (Å²) in [7, 11) is 0. The Morgan fingerprint density at radius 3 is 2.23 bits per heavy atom. The number of likely N-dealkylation sites (tertiary alicyclic amines) is 1. The van der Waals surface area contributed by atoms with Gasteiger partial charge in [0.1, 0.15) is 11.6 Å². The van der Waals surface area contributed by atoms with Crippen LogP contribution in [0.3, 0.4) is 0 Å². The highest BCUT2D eigenvalue weighted by Gasteiger charge is 2.37. The van der Waals surface area contributed by atoms with E-state index in [1.54, 1.807) is 24.3 Å². The number of hydrogen-bond acceptors (Lipinski definition) is 10. The maximum absolute atomic E-state index is 13.3. The molecule has 47 heavy (non-hydrogen) atoms. The number of hydrogen-bond donors (Lipinski definition) is 2. The van der Waals surface area contributed by atoms with Crippen molar-refractivity contribution in [2.45, 2.75) is 31.7 Å². The van der Waals surface area contributed by atoms with E-state index in [1.165, 1.54) is 5.57 Å². The third kappa shape index (κ3) is 6.14. The van der Waals surface area contributed by atoms with Crippen LogP contribution in [0.15, 0.2) is 59.0 Å². The summed E-state index contributed by atoms with van der Waals surface area (Å²) in [6, 6.07) is 11.9. The summed E-state index contributed by atoms with van der Waals surface area (Å²) in [6.45, 7) is 6.16. The lowest BCUT2D eigenvalue weighted by molar-refractivity contribution is -0.137. The van der Waals surface area contributed by atoms with Crippen LogP contribution >= 0.6 is 0 Å². The molecule has 0 bridgehead atoms. The van der Waals surface area contributed by atoms with Gasteiger partial charge in [0.25, 0.3) is 11.5 Å². The Balaban J connectivity index is 0.901. The van der Waals surface area contributed by atoms with E-state index in [9.17, 15) is 24.0 Å². The number of piperidine rings is 2. The zero-order valence-electron chi connectivity index (χ0n) is 26.0. The number of nitrogens with one attached hydrogen (secondary N) is 1. The Labute approximate surface area is 270 Å². The van der Waals surface area contributed by atoms with E-state index in [-0.39, 0.29) is 30.6 Å². The third-order valence-electron chi connectivity index (χ3n) is 9.68. The van der Waals surface area contributed by atoms with Crippen molar-refractivity contribution in [1.29, 1.82) is 0 Å². The lowest BCUT2D eigenvalue weighted by Crippen LogP contribution is -2.55. The zero-order chi connectivity index (χ0) is 32.7. The molecule has 1 aromatic heterocycles. The number of nitrogens with zero attached hydrogens (tertiary/aromatic N) is 7. The van der Waals surface area contributed by atoms with Gasteiger partial charge < -0.3 is 25.3 Å². The quantitative estimate of drug-likeness (QED) is 0.365. The fourth-order valence-corrected chi connectivity index (χ4v) is 6.81. The van der Waals surface area contributed by atoms with Crippen molar-refractivity contribution in [3.05, 3.63) is 70.2 Å². The first-order chi connectivity index (χ1) is 22.7. The van der Waals surface area contributed by atoms with E-state index in [0.717, 1.165) is 55.1 Å². The standard InChI is InChI=1S/C33H37N9O5/c34-30(44)22-1-3-24(4-2-22)39-15-13-38(14-16-39)18-21-9-11-40(12-10-21)32(46)23-19-41(20-23)25-5-6-27-26(17-25)33(47)42(37-36-27)28-7-8-29(43)35-31(28)45/h1-6,17-18,23,28H,7-16,19-20H2,(H2,34,44)(H,35,43,45). The molecule has 0 saturated carbocycles. The number of imide groups is 1. The van der Waals surface area contributed by atoms with Gasteiger partial charge >= 0.3 is 0 Å². The molecular formula is C33H37N9O5. The average Bonchev–Trinajstić information content (AvgIpc) is 3.05. The Morgan fingerprint density at radius 1 is 0.851 bits per heavy atom. The number of benzene rings is 2. The molecule has 14 heteroatoms. The van der Waals surface area contributed by atoms with Gasteiger partial charge in [-0.3, -0.25) is 29.3 Å². The minimum Gasteiger partial charge on any atom is -0.374 e. The van der Waals surface area contributed by atoms with Gasteiger partial charge in [-0.25, -0.2) is 0 Å². The van der Waals surface area contributed by atoms with Crippen molar-refractivity contribution in [3.63, 3.8) is 0 Å². The topological polar surface area (TPSA) is 167 Å². The Morgan fingerprint density at radius 2 is 1.55 bits per heavy atom. The molecule has 4 aliphatic heterocycles. The van der Waals surface area contributed by atoms with E-state index < -0.39 is 23.4 Å². The highest BCUT2D eigenvalue weighted by molar-refractivity contribution is 5.99. The molecule has 2 aromatic carbocycles. The minimum absolute atomic E-state index is 0.1000. The maximum atomic E-state index is 13.3. The van der Waals surface area contributed by atoms with Crippen LogP contribution in [0.1, 0.15) is 42.1 Å². The van der Waals surface area contributed by atoms with Gasteiger partial charge in [0.15, 0.2) is 0 Å². The van der Waals surface area contributed by atoms with Crippen molar-refractivity contribution in [2.75, 3.05) is 62.2 Å². The maximum Gasteiger partial charge on any atom is 0.278 e. The van der Waals surface area contributed by atoms with Crippen LogP contribution in [0.2, 0.25) is 0 Å². The molecule has 244 valence electrons. The van der Waals surface area contributed by atoms with Gasteiger partial charge in [0, 0.05) is 75.7 Å². The summed E-state index contributed by atoms with van der Waals surface area (Å²) < 4.78 is 1.06. The first-order valence-corrected chi connectivity index (χ1v) is 16.1. The monoisotopic (exact) mass is 639 g/mol. The molecule has 0 spiro atoms. The second kappa shape index (κ2) is 12.5. The SMILES string of the molecule is NC(=O)c1ccc(N2CCN(C=C3CCN(C(=O)C4CN(c5ccc6nnn(C7CCC(=O)NC7=O)c(=O)c6c5)C4)CC3)CC2)cc1. The molecule has 3 N–H and O–H groups in total. The minimum atomic E-state index is -0.878. The summed E-state index contributed by atoms with van der Waals surface area (Å²) in [6.07, 6.45) is 4.33. The van der Waals surface area contributed by atoms with Crippen molar-refractivity contribution < 1.29 is 19.2 Å². The molecular weight excluding hydrogens is 602 g/mol. The predicted molar refractivity (Wildman–Crippen MR) is 174 cm³/mol. The number of carbonyl (C=O) groups is 4. The zero-order valence-corrected chi connectivity index (χ0v) is 26.0. The number of primary amides is 1. The molecule has 0 aliphatic carbocycles. The van der Waals surface area contributed by atoms with Crippen molar-refractivity contribution in [2.24, 2.45) is 11.7 Å². The fourth-order valence-electron chi connectivity index (χ4n) is 6.81. The number of piperazine rings is 1. The fraction of sp³-hybridized carbons (Fsp3) is 0.424. The van der Waals surface area contributed by atoms with Crippen LogP contribution in [0, 0.1) is 5.92 Å². The van der Waals surface area contributed by atoms with E-state index in [4.69, 9.17) is 5.73 Å². The largest absolute Gasteiger partial charge is 0.374 e. The van der Waals surface area contributed by atoms with Crippen LogP contribution in [-0.4, -0.2) is 101 Å². The molecule has 3 aromatic rings. The lowest BCUT2D eigenvalue weighted by atomic mass is 9.95. The van der Waals surface area contributed by atoms with Gasteiger partial charge in [-0.1, -0.05) is 10.8 Å². The van der Waals surface area contributed by atoms with Crippen LogP contribution < -0.4 is 26.4 Å². The van der Waals surface area contributed by atoms with Crippen molar-refractivity contribution in [3.8, 4) is 0 Å². The first kappa shape index (κ1) is 30.4. The van der Waals surface area contributed by atoms with Crippen LogP contribution in [0.25, 0.3) is 10.9 Å². The number of nitrogens with two attached hydrogens (primary N) is 1. The van der Waals surface area contributed by atoms with Crippen molar-refractivity contribution >= 4 is 45.9 Å². The number of fused-ring (bicyclic) bond motifs is 1. The molecule has 14 nitrogen and oxygen atoms in total. The molecule has 4 saturated heterocycles. The number of amides is 4. The number of anilines is 2. The van der Waals surface area contributed by atoms with Gasteiger partial charge in [0.05, 0.1) is 11.3 Å². The highest BCUT2D eigenvalue weighted by Crippen LogP contribution is 2.29. The molecule has 4 fully saturated rings. The van der Waals surface area contributed by atoms with Gasteiger partial charge in [-0.15, -0.1) is 5.10 Å². The van der Waals surface area contributed by atoms with Gasteiger partial charge in [-0.2, -0.15) is 4.68 Å². The molecule has 4 amide bonds. The Hall–Kier alpha value is -5.27. The molecule has 7 rings (SSSR count). The van der Waals surface area contributed by atoms with E-state index >= 15 is 0 Å². The molecule has 5 heterocycles. The highest BCUT2D eigenvalue weighted by atomic mass is 16.2. The van der Waals surface area contributed by atoms with E-state index in [0.29, 0.717) is 42.6 Å². The summed E-state index contributed by atoms with van der Waals surface area (Å²) in [4.78, 5) is 70.5. The van der Waals surface area contributed by atoms with E-state index in [2.05, 4.69) is 36.5 Å². The summed E-state index contributed by atoms with van der Waals surface area (Å²) >= 11 is 0. The second-order valence-electron chi connectivity index (χ2n) is 12.7. The predicted octanol–water partition coefficient (Wildman–Crippen LogP) is 0.633. The first-order valence-electron chi connectivity index (χ1n) is 16.1. The number of rotatable bonds is 6. The van der Waals surface area contributed by atoms with Crippen LogP contribution in [0.4, 0.5) is 11.4 Å². The molecule has 1 unspecified atom stereocenters. The molecule has 4 aliphatic rings. The number of carbonyl (C=O) groups excluding carboxylic acids is 4. The Bertz CT molecular complexity index is 1810.